The van der Waals surface area contributed by atoms with Crippen LogP contribution in [0.15, 0.2) is 42.6 Å². The normalized spacial score (nSPS) is 10.4. The predicted molar refractivity (Wildman–Crippen MR) is 103 cm³/mol. The van der Waals surface area contributed by atoms with Crippen LogP contribution in [-0.4, -0.2) is 50.5 Å². The van der Waals surface area contributed by atoms with Crippen molar-refractivity contribution >= 4 is 17.7 Å². The van der Waals surface area contributed by atoms with Gasteiger partial charge in [0.1, 0.15) is 5.82 Å². The Labute approximate surface area is 157 Å². The number of hydrogen-bond acceptors (Lipinski definition) is 7. The monoisotopic (exact) mass is 366 g/mol. The van der Waals surface area contributed by atoms with E-state index in [1.54, 1.807) is 0 Å². The van der Waals surface area contributed by atoms with Crippen molar-refractivity contribution < 1.29 is 4.79 Å². The maximum Gasteiger partial charge on any atom is 0.273 e. The van der Waals surface area contributed by atoms with Crippen LogP contribution >= 0.6 is 0 Å². The van der Waals surface area contributed by atoms with Crippen LogP contribution in [0, 0.1) is 6.92 Å². The Morgan fingerprint density at radius 1 is 1.11 bits per heavy atom. The number of anilines is 2. The molecule has 0 unspecified atom stereocenters. The summed E-state index contributed by atoms with van der Waals surface area (Å²) in [4.78, 5) is 22.3. The quantitative estimate of drug-likeness (QED) is 0.520. The van der Waals surface area contributed by atoms with Crippen LogP contribution in [0.3, 0.4) is 0 Å². The molecular weight excluding hydrogens is 344 g/mol. The Balaban J connectivity index is 1.50. The van der Waals surface area contributed by atoms with Gasteiger partial charge in [-0.1, -0.05) is 18.2 Å². The third-order valence-electron chi connectivity index (χ3n) is 3.62. The van der Waals surface area contributed by atoms with Gasteiger partial charge in [-0.05, 0) is 26.0 Å². The number of benzene rings is 1. The van der Waals surface area contributed by atoms with E-state index in [1.807, 2.05) is 50.2 Å². The van der Waals surface area contributed by atoms with Gasteiger partial charge in [-0.15, -0.1) is 5.10 Å². The maximum absolute atomic E-state index is 12.2. The van der Waals surface area contributed by atoms with Gasteiger partial charge in [0.25, 0.3) is 5.91 Å². The first-order valence-electron chi connectivity index (χ1n) is 8.75. The van der Waals surface area contributed by atoms with E-state index in [2.05, 4.69) is 36.1 Å². The zero-order chi connectivity index (χ0) is 19.1. The van der Waals surface area contributed by atoms with Crippen LogP contribution in [0.5, 0.6) is 0 Å². The van der Waals surface area contributed by atoms with Crippen LogP contribution in [0.2, 0.25) is 0 Å². The molecule has 0 atom stereocenters. The minimum atomic E-state index is -0.280. The first kappa shape index (κ1) is 18.3. The molecule has 0 radical (unpaired) electrons. The molecule has 9 heteroatoms. The van der Waals surface area contributed by atoms with E-state index < -0.39 is 0 Å². The van der Waals surface area contributed by atoms with E-state index in [1.165, 1.54) is 11.0 Å². The zero-order valence-corrected chi connectivity index (χ0v) is 15.3. The fourth-order valence-corrected chi connectivity index (χ4v) is 2.41. The summed E-state index contributed by atoms with van der Waals surface area (Å²) in [6, 6.07) is 11.3. The first-order chi connectivity index (χ1) is 13.2. The number of amides is 1. The molecule has 0 spiro atoms. The van der Waals surface area contributed by atoms with Crippen LogP contribution in [-0.2, 0) is 0 Å². The van der Waals surface area contributed by atoms with Crippen molar-refractivity contribution in [3.8, 4) is 5.69 Å². The third-order valence-corrected chi connectivity index (χ3v) is 3.62. The van der Waals surface area contributed by atoms with E-state index in [9.17, 15) is 4.79 Å². The highest BCUT2D eigenvalue weighted by atomic mass is 16.2. The average molecular weight is 366 g/mol. The minimum Gasteiger partial charge on any atom is -0.370 e. The van der Waals surface area contributed by atoms with Crippen molar-refractivity contribution in [1.29, 1.82) is 0 Å². The highest BCUT2D eigenvalue weighted by molar-refractivity contribution is 5.91. The summed E-state index contributed by atoms with van der Waals surface area (Å²) < 4.78 is 0. The average Bonchev–Trinajstić information content (AvgIpc) is 3.16. The number of carbonyl (C=O) groups excluding carboxylic acids is 1. The molecule has 0 saturated heterocycles. The lowest BCUT2D eigenvalue weighted by Crippen LogP contribution is -2.29. The Morgan fingerprint density at radius 2 is 1.93 bits per heavy atom. The van der Waals surface area contributed by atoms with Crippen LogP contribution in [0.4, 0.5) is 11.8 Å². The van der Waals surface area contributed by atoms with Crippen LogP contribution < -0.4 is 16.0 Å². The molecule has 9 nitrogen and oxygen atoms in total. The van der Waals surface area contributed by atoms with Gasteiger partial charge in [-0.25, -0.2) is 4.98 Å². The van der Waals surface area contributed by atoms with Gasteiger partial charge in [0.2, 0.25) is 5.95 Å². The maximum atomic E-state index is 12.2. The lowest BCUT2D eigenvalue weighted by molar-refractivity contribution is 0.0949. The molecule has 0 aliphatic heterocycles. The van der Waals surface area contributed by atoms with E-state index in [-0.39, 0.29) is 11.6 Å². The summed E-state index contributed by atoms with van der Waals surface area (Å²) in [5.74, 6) is 1.02. The Morgan fingerprint density at radius 3 is 2.70 bits per heavy atom. The van der Waals surface area contributed by atoms with Crippen LogP contribution in [0.25, 0.3) is 5.69 Å². The SMILES string of the molecule is CCNc1cc(C)nc(NCCNC(=O)c2cnn(-c3ccccc3)n2)n1. The Bertz CT molecular complexity index is 893. The van der Waals surface area contributed by atoms with Gasteiger partial charge in [0.15, 0.2) is 5.69 Å². The Kier molecular flexibility index (Phi) is 5.93. The first-order valence-corrected chi connectivity index (χ1v) is 8.75. The molecule has 0 aliphatic rings. The van der Waals surface area contributed by atoms with Crippen molar-refractivity contribution in [1.82, 2.24) is 30.3 Å². The molecule has 1 aromatic carbocycles. The van der Waals surface area contributed by atoms with E-state index in [0.717, 1.165) is 23.7 Å². The topological polar surface area (TPSA) is 110 Å². The number of aryl methyl sites for hydroxylation is 1. The molecule has 0 fully saturated rings. The van der Waals surface area contributed by atoms with E-state index in [0.29, 0.717) is 19.0 Å². The highest BCUT2D eigenvalue weighted by Gasteiger charge is 2.11. The van der Waals surface area contributed by atoms with E-state index in [4.69, 9.17) is 0 Å². The molecule has 0 saturated carbocycles. The van der Waals surface area contributed by atoms with Crippen molar-refractivity contribution in [2.24, 2.45) is 0 Å². The summed E-state index contributed by atoms with van der Waals surface area (Å²) in [6.45, 7) is 5.60. The zero-order valence-electron chi connectivity index (χ0n) is 15.3. The van der Waals surface area contributed by atoms with Crippen molar-refractivity contribution in [3.05, 3.63) is 54.0 Å². The second kappa shape index (κ2) is 8.75. The molecule has 3 aromatic rings. The largest absolute Gasteiger partial charge is 0.370 e. The molecule has 27 heavy (non-hydrogen) atoms. The molecular formula is C18H22N8O. The number of hydrogen-bond donors (Lipinski definition) is 3. The summed E-state index contributed by atoms with van der Waals surface area (Å²) in [5, 5.41) is 17.4. The standard InChI is InChI=1S/C18H22N8O/c1-3-19-16-11-13(2)23-18(24-16)21-10-9-20-17(27)15-12-22-26(25-15)14-7-5-4-6-8-14/h4-8,11-12H,3,9-10H2,1-2H3,(H,20,27)(H2,19,21,23,24). The fraction of sp³-hybridized carbons (Fsp3) is 0.278. The van der Waals surface area contributed by atoms with Gasteiger partial charge in [-0.2, -0.15) is 14.9 Å². The van der Waals surface area contributed by atoms with Gasteiger partial charge < -0.3 is 16.0 Å². The highest BCUT2D eigenvalue weighted by Crippen LogP contribution is 2.09. The van der Waals surface area contributed by atoms with Crippen molar-refractivity contribution in [2.45, 2.75) is 13.8 Å². The second-order valence-corrected chi connectivity index (χ2v) is 5.79. The molecule has 1 amide bonds. The van der Waals surface area contributed by atoms with Gasteiger partial charge >= 0.3 is 0 Å². The van der Waals surface area contributed by atoms with Crippen molar-refractivity contribution in [3.63, 3.8) is 0 Å². The summed E-state index contributed by atoms with van der Waals surface area (Å²) in [6.07, 6.45) is 1.45. The van der Waals surface area contributed by atoms with Crippen LogP contribution in [0.1, 0.15) is 23.1 Å². The number of carbonyl (C=O) groups is 1. The summed E-state index contributed by atoms with van der Waals surface area (Å²) >= 11 is 0. The summed E-state index contributed by atoms with van der Waals surface area (Å²) in [7, 11) is 0. The minimum absolute atomic E-state index is 0.264. The number of rotatable bonds is 8. The lowest BCUT2D eigenvalue weighted by atomic mass is 10.3. The van der Waals surface area contributed by atoms with Gasteiger partial charge in [0, 0.05) is 31.4 Å². The van der Waals surface area contributed by atoms with Gasteiger partial charge in [-0.3, -0.25) is 4.79 Å². The molecule has 2 aromatic heterocycles. The second-order valence-electron chi connectivity index (χ2n) is 5.79. The van der Waals surface area contributed by atoms with E-state index >= 15 is 0 Å². The smallest absolute Gasteiger partial charge is 0.273 e. The Hall–Kier alpha value is -3.49. The fourth-order valence-electron chi connectivity index (χ4n) is 2.41. The number of aromatic nitrogens is 5. The lowest BCUT2D eigenvalue weighted by Gasteiger charge is -2.09. The third kappa shape index (κ3) is 5.00. The molecule has 3 N–H and O–H groups in total. The molecule has 140 valence electrons. The predicted octanol–water partition coefficient (Wildman–Crippen LogP) is 1.64. The summed E-state index contributed by atoms with van der Waals surface area (Å²) in [5.41, 5.74) is 1.93. The molecule has 3 rings (SSSR count). The number of para-hydroxylation sites is 1. The number of nitrogens with zero attached hydrogens (tertiary/aromatic N) is 5. The molecule has 2 heterocycles. The van der Waals surface area contributed by atoms with Crippen molar-refractivity contribution in [2.75, 3.05) is 30.3 Å². The number of nitrogens with one attached hydrogen (secondary N) is 3. The molecule has 0 aliphatic carbocycles. The van der Waals surface area contributed by atoms with Gasteiger partial charge in [0.05, 0.1) is 11.9 Å². The molecule has 0 bridgehead atoms.